The van der Waals surface area contributed by atoms with Crippen molar-refractivity contribution in [2.45, 2.75) is 58.5 Å². The number of fused-ring (bicyclic) bond motifs is 7. The molecule has 0 aliphatic heterocycles. The first-order valence-electron chi connectivity index (χ1n) is 21.8. The van der Waals surface area contributed by atoms with E-state index in [1.807, 2.05) is 0 Å². The summed E-state index contributed by atoms with van der Waals surface area (Å²) in [4.78, 5) is 4.97. The van der Waals surface area contributed by atoms with E-state index in [1.165, 1.54) is 82.0 Å². The molecule has 0 atom stereocenters. The molecule has 0 fully saturated rings. The summed E-state index contributed by atoms with van der Waals surface area (Å²) in [5.41, 5.74) is 12.1. The maximum absolute atomic E-state index is 2.51. The number of para-hydroxylation sites is 2. The Morgan fingerprint density at radius 2 is 0.869 bits per heavy atom. The molecule has 0 heterocycles. The second kappa shape index (κ2) is 14.5. The van der Waals surface area contributed by atoms with Crippen LogP contribution in [0.2, 0.25) is 39.3 Å². The lowest BCUT2D eigenvalue weighted by molar-refractivity contribution is 0.661. The summed E-state index contributed by atoms with van der Waals surface area (Å²) in [5, 5.41) is 10.6. The maximum Gasteiger partial charge on any atom is 0.0776 e. The Balaban J connectivity index is 1.17. The molecule has 0 radical (unpaired) electrons. The molecular formula is C57H54N2Si2. The molecular weight excluding hydrogens is 769 g/mol. The Hall–Kier alpha value is -6.21. The summed E-state index contributed by atoms with van der Waals surface area (Å²) >= 11 is 0. The van der Waals surface area contributed by atoms with Gasteiger partial charge in [0.25, 0.3) is 0 Å². The zero-order valence-electron chi connectivity index (χ0n) is 36.7. The van der Waals surface area contributed by atoms with Crippen molar-refractivity contribution in [2.24, 2.45) is 0 Å². The van der Waals surface area contributed by atoms with E-state index < -0.39 is 16.1 Å². The van der Waals surface area contributed by atoms with Crippen LogP contribution in [0.4, 0.5) is 34.1 Å². The number of nitrogens with zero attached hydrogens (tertiary/aromatic N) is 2. The molecule has 0 spiro atoms. The highest BCUT2D eigenvalue weighted by atomic mass is 28.3. The van der Waals surface area contributed by atoms with E-state index in [2.05, 4.69) is 245 Å². The van der Waals surface area contributed by atoms with Gasteiger partial charge >= 0.3 is 0 Å². The molecule has 9 aromatic rings. The molecule has 0 amide bonds. The zero-order valence-corrected chi connectivity index (χ0v) is 38.7. The van der Waals surface area contributed by atoms with Crippen molar-refractivity contribution in [1.29, 1.82) is 0 Å². The number of rotatable bonds is 8. The molecule has 0 bridgehead atoms. The third-order valence-electron chi connectivity index (χ3n) is 13.1. The van der Waals surface area contributed by atoms with Crippen molar-refractivity contribution in [2.75, 3.05) is 9.80 Å². The van der Waals surface area contributed by atoms with Crippen LogP contribution < -0.4 is 20.2 Å². The van der Waals surface area contributed by atoms with Gasteiger partial charge in [0.15, 0.2) is 0 Å². The fourth-order valence-electron chi connectivity index (χ4n) is 9.72. The van der Waals surface area contributed by atoms with Gasteiger partial charge < -0.3 is 9.80 Å². The van der Waals surface area contributed by atoms with Crippen molar-refractivity contribution in [3.8, 4) is 11.1 Å². The standard InChI is InChI=1S/C57H54N2Si2/c1-57(2)51-37-43(58(41-21-11-9-12-22-41)53-27-17-19-39-35-44(60(3,4)5)30-33-46(39)53)29-32-50(51)56-49-26-16-15-25-48(49)55(38-52(56)57)59(42-23-13-10-14-24-42)54-28-18-20-40-36-45(61(6,7)8)31-34-47(40)54/h9-38H,1-8H3. The normalized spacial score (nSPS) is 13.4. The summed E-state index contributed by atoms with van der Waals surface area (Å²) in [6.45, 7) is 19.4. The fraction of sp³-hybridized carbons (Fsp3) is 0.158. The Bertz CT molecular complexity index is 3140. The lowest BCUT2D eigenvalue weighted by Crippen LogP contribution is -2.37. The number of hydrogen-bond acceptors (Lipinski definition) is 2. The van der Waals surface area contributed by atoms with Crippen molar-refractivity contribution in [1.82, 2.24) is 0 Å². The van der Waals surface area contributed by atoms with Crippen LogP contribution in [-0.4, -0.2) is 16.1 Å². The quantitative estimate of drug-likeness (QED) is 0.141. The number of hydrogen-bond donors (Lipinski definition) is 0. The highest BCUT2D eigenvalue weighted by Gasteiger charge is 2.39. The molecule has 300 valence electrons. The molecule has 0 aromatic heterocycles. The first-order chi connectivity index (χ1) is 29.3. The molecule has 10 rings (SSSR count). The van der Waals surface area contributed by atoms with Crippen molar-refractivity contribution >= 4 is 93.0 Å². The maximum atomic E-state index is 2.51. The van der Waals surface area contributed by atoms with Gasteiger partial charge in [-0.1, -0.05) is 191 Å². The van der Waals surface area contributed by atoms with Crippen LogP contribution in [0, 0.1) is 0 Å². The molecule has 4 heteroatoms. The third-order valence-corrected chi connectivity index (χ3v) is 17.2. The van der Waals surface area contributed by atoms with Crippen LogP contribution >= 0.6 is 0 Å². The fourth-order valence-corrected chi connectivity index (χ4v) is 12.1. The predicted molar refractivity (Wildman–Crippen MR) is 272 cm³/mol. The largest absolute Gasteiger partial charge is 0.310 e. The Kier molecular flexibility index (Phi) is 9.24. The topological polar surface area (TPSA) is 6.48 Å². The van der Waals surface area contributed by atoms with Crippen LogP contribution in [0.3, 0.4) is 0 Å². The van der Waals surface area contributed by atoms with Crippen LogP contribution in [0.25, 0.3) is 43.4 Å². The molecule has 2 nitrogen and oxygen atoms in total. The van der Waals surface area contributed by atoms with E-state index in [9.17, 15) is 0 Å². The third kappa shape index (κ3) is 6.61. The Morgan fingerprint density at radius 1 is 0.361 bits per heavy atom. The van der Waals surface area contributed by atoms with Gasteiger partial charge in [0.2, 0.25) is 0 Å². The van der Waals surface area contributed by atoms with E-state index in [0.29, 0.717) is 0 Å². The van der Waals surface area contributed by atoms with Gasteiger partial charge in [0, 0.05) is 38.6 Å². The lowest BCUT2D eigenvalue weighted by atomic mass is 9.81. The Labute approximate surface area is 363 Å². The summed E-state index contributed by atoms with van der Waals surface area (Å²) in [6.07, 6.45) is 0. The van der Waals surface area contributed by atoms with Gasteiger partial charge in [-0.25, -0.2) is 0 Å². The second-order valence-corrected chi connectivity index (χ2v) is 29.6. The minimum atomic E-state index is -1.50. The van der Waals surface area contributed by atoms with Gasteiger partial charge in [-0.3, -0.25) is 0 Å². The molecule has 1 aliphatic rings. The van der Waals surface area contributed by atoms with E-state index in [4.69, 9.17) is 0 Å². The minimum absolute atomic E-state index is 0.278. The number of anilines is 6. The SMILES string of the molecule is CC1(C)c2cc(N(c3ccccc3)c3cccc4cc([Si](C)(C)C)ccc34)ccc2-c2c1cc(N(c1ccccc1)c1cccc3cc([Si](C)(C)C)ccc13)c1ccccc21. The van der Waals surface area contributed by atoms with Crippen molar-refractivity contribution < 1.29 is 0 Å². The zero-order chi connectivity index (χ0) is 42.3. The molecule has 61 heavy (non-hydrogen) atoms. The summed E-state index contributed by atoms with van der Waals surface area (Å²) in [6, 6.07) is 68.5. The van der Waals surface area contributed by atoms with Gasteiger partial charge in [0.1, 0.15) is 0 Å². The van der Waals surface area contributed by atoms with Gasteiger partial charge in [-0.05, 0) is 93.0 Å². The molecule has 0 N–H and O–H groups in total. The average molecular weight is 823 g/mol. The smallest absolute Gasteiger partial charge is 0.0776 e. The van der Waals surface area contributed by atoms with E-state index >= 15 is 0 Å². The molecule has 0 saturated heterocycles. The van der Waals surface area contributed by atoms with Crippen LogP contribution in [0.15, 0.2) is 182 Å². The molecule has 9 aromatic carbocycles. The first kappa shape index (κ1) is 39.0. The van der Waals surface area contributed by atoms with Crippen molar-refractivity contribution in [3.63, 3.8) is 0 Å². The predicted octanol–water partition coefficient (Wildman–Crippen LogP) is 15.5. The highest BCUT2D eigenvalue weighted by Crippen LogP contribution is 2.56. The summed E-state index contributed by atoms with van der Waals surface area (Å²) in [5.74, 6) is 0. The summed E-state index contributed by atoms with van der Waals surface area (Å²) in [7, 11) is -2.99. The average Bonchev–Trinajstić information content (AvgIpc) is 3.49. The Morgan fingerprint density at radius 3 is 1.43 bits per heavy atom. The minimum Gasteiger partial charge on any atom is -0.310 e. The van der Waals surface area contributed by atoms with E-state index in [1.54, 1.807) is 0 Å². The van der Waals surface area contributed by atoms with Crippen LogP contribution in [0.1, 0.15) is 25.0 Å². The lowest BCUT2D eigenvalue weighted by Gasteiger charge is -2.31. The second-order valence-electron chi connectivity index (χ2n) is 19.5. The van der Waals surface area contributed by atoms with Gasteiger partial charge in [-0.2, -0.15) is 0 Å². The van der Waals surface area contributed by atoms with Crippen molar-refractivity contribution in [3.05, 3.63) is 193 Å². The monoisotopic (exact) mass is 822 g/mol. The van der Waals surface area contributed by atoms with Crippen LogP contribution in [0.5, 0.6) is 0 Å². The molecule has 0 unspecified atom stereocenters. The summed E-state index contributed by atoms with van der Waals surface area (Å²) < 4.78 is 0. The van der Waals surface area contributed by atoms with E-state index in [-0.39, 0.29) is 5.41 Å². The van der Waals surface area contributed by atoms with Gasteiger partial charge in [0.05, 0.1) is 33.2 Å². The molecule has 1 aliphatic carbocycles. The molecule has 0 saturated carbocycles. The number of benzene rings is 9. The van der Waals surface area contributed by atoms with Crippen LogP contribution in [-0.2, 0) is 5.41 Å². The first-order valence-corrected chi connectivity index (χ1v) is 28.8. The highest BCUT2D eigenvalue weighted by molar-refractivity contribution is 6.89. The van der Waals surface area contributed by atoms with E-state index in [0.717, 1.165) is 17.1 Å². The van der Waals surface area contributed by atoms with Gasteiger partial charge in [-0.15, -0.1) is 0 Å².